The highest BCUT2D eigenvalue weighted by Gasteiger charge is 2.18. The summed E-state index contributed by atoms with van der Waals surface area (Å²) >= 11 is 1.37. The Morgan fingerprint density at radius 3 is 2.48 bits per heavy atom. The minimum Gasteiger partial charge on any atom is -0.343 e. The molecule has 2 N–H and O–H groups in total. The van der Waals surface area contributed by atoms with Gasteiger partial charge in [-0.2, -0.15) is 0 Å². The predicted octanol–water partition coefficient (Wildman–Crippen LogP) is 1.98. The minimum atomic E-state index is -1.14. The molecule has 0 aliphatic heterocycles. The second-order valence-corrected chi connectivity index (χ2v) is 5.40. The lowest BCUT2D eigenvalue weighted by Gasteiger charge is -2.07. The number of hydrogen-bond donors (Lipinski definition) is 2. The van der Waals surface area contributed by atoms with Crippen LogP contribution in [0.1, 0.15) is 9.88 Å². The predicted molar refractivity (Wildman–Crippen MR) is 73.7 cm³/mol. The molecular weight excluding hydrogens is 300 g/mol. The van der Waals surface area contributed by atoms with E-state index < -0.39 is 29.1 Å². The zero-order valence-corrected chi connectivity index (χ0v) is 11.8. The van der Waals surface area contributed by atoms with E-state index in [1.807, 2.05) is 12.2 Å². The van der Waals surface area contributed by atoms with Gasteiger partial charge in [0.2, 0.25) is 0 Å². The smallest absolute Gasteiger partial charge is 0.313 e. The number of amides is 2. The average molecular weight is 311 g/mol. The van der Waals surface area contributed by atoms with Crippen molar-refractivity contribution in [1.82, 2.24) is 10.3 Å². The summed E-state index contributed by atoms with van der Waals surface area (Å²) < 4.78 is 26.7. The summed E-state index contributed by atoms with van der Waals surface area (Å²) in [6, 6.07) is 3.12. The van der Waals surface area contributed by atoms with Crippen molar-refractivity contribution in [3.05, 3.63) is 45.9 Å². The number of carbonyl (C=O) groups excluding carboxylic acids is 2. The quantitative estimate of drug-likeness (QED) is 0.852. The molecule has 0 saturated heterocycles. The van der Waals surface area contributed by atoms with Crippen molar-refractivity contribution in [2.45, 2.75) is 13.5 Å². The zero-order chi connectivity index (χ0) is 15.4. The largest absolute Gasteiger partial charge is 0.343 e. The molecule has 1 heterocycles. The SMILES string of the molecule is Cc1ncc(CNC(=O)C(=O)Nc2c(F)cccc2F)s1. The highest BCUT2D eigenvalue weighted by Crippen LogP contribution is 2.17. The fourth-order valence-corrected chi connectivity index (χ4v) is 2.26. The fourth-order valence-electron chi connectivity index (χ4n) is 1.52. The van der Waals surface area contributed by atoms with Gasteiger partial charge >= 0.3 is 11.8 Å². The molecule has 5 nitrogen and oxygen atoms in total. The molecular formula is C13H11F2N3O2S. The topological polar surface area (TPSA) is 71.1 Å². The Kier molecular flexibility index (Phi) is 4.59. The van der Waals surface area contributed by atoms with Crippen LogP contribution >= 0.6 is 11.3 Å². The zero-order valence-electron chi connectivity index (χ0n) is 10.9. The molecule has 0 unspecified atom stereocenters. The molecule has 0 spiro atoms. The Balaban J connectivity index is 1.95. The molecule has 1 aromatic carbocycles. The van der Waals surface area contributed by atoms with Gasteiger partial charge < -0.3 is 10.6 Å². The van der Waals surface area contributed by atoms with Crippen molar-refractivity contribution in [3.8, 4) is 0 Å². The highest BCUT2D eigenvalue weighted by molar-refractivity contribution is 7.11. The third kappa shape index (κ3) is 3.82. The van der Waals surface area contributed by atoms with Crippen LogP contribution in [-0.2, 0) is 16.1 Å². The van der Waals surface area contributed by atoms with Crippen LogP contribution in [0, 0.1) is 18.6 Å². The van der Waals surface area contributed by atoms with Gasteiger partial charge in [0.05, 0.1) is 11.6 Å². The van der Waals surface area contributed by atoms with Gasteiger partial charge in [-0.3, -0.25) is 9.59 Å². The van der Waals surface area contributed by atoms with Crippen LogP contribution in [0.2, 0.25) is 0 Å². The molecule has 8 heteroatoms. The summed E-state index contributed by atoms with van der Waals surface area (Å²) in [7, 11) is 0. The van der Waals surface area contributed by atoms with E-state index in [1.54, 1.807) is 6.20 Å². The minimum absolute atomic E-state index is 0.123. The molecule has 0 bridgehead atoms. The van der Waals surface area contributed by atoms with Crippen molar-refractivity contribution >= 4 is 28.8 Å². The molecule has 2 aromatic rings. The van der Waals surface area contributed by atoms with E-state index in [9.17, 15) is 18.4 Å². The summed E-state index contributed by atoms with van der Waals surface area (Å²) in [6.07, 6.45) is 1.58. The maximum atomic E-state index is 13.3. The lowest BCUT2D eigenvalue weighted by atomic mass is 10.3. The van der Waals surface area contributed by atoms with Gasteiger partial charge in [-0.15, -0.1) is 11.3 Å². The third-order valence-corrected chi connectivity index (χ3v) is 3.41. The van der Waals surface area contributed by atoms with E-state index >= 15 is 0 Å². The van der Waals surface area contributed by atoms with Crippen molar-refractivity contribution in [1.29, 1.82) is 0 Å². The van der Waals surface area contributed by atoms with Gasteiger partial charge in [-0.05, 0) is 19.1 Å². The number of rotatable bonds is 3. The molecule has 0 saturated carbocycles. The maximum Gasteiger partial charge on any atom is 0.313 e. The molecule has 21 heavy (non-hydrogen) atoms. The van der Waals surface area contributed by atoms with Crippen LogP contribution in [0.25, 0.3) is 0 Å². The fraction of sp³-hybridized carbons (Fsp3) is 0.154. The number of thiazole rings is 1. The first-order valence-corrected chi connectivity index (χ1v) is 6.73. The second-order valence-electron chi connectivity index (χ2n) is 4.08. The summed E-state index contributed by atoms with van der Waals surface area (Å²) in [5.41, 5.74) is -0.647. The van der Waals surface area contributed by atoms with E-state index in [0.29, 0.717) is 0 Å². The molecule has 110 valence electrons. The Labute approximate surface area is 123 Å². The molecule has 0 aliphatic rings. The van der Waals surface area contributed by atoms with Crippen LogP contribution in [0.5, 0.6) is 0 Å². The summed E-state index contributed by atoms with van der Waals surface area (Å²) in [5, 5.41) is 5.08. The number of benzene rings is 1. The number of nitrogens with one attached hydrogen (secondary N) is 2. The van der Waals surface area contributed by atoms with Crippen LogP contribution in [-0.4, -0.2) is 16.8 Å². The number of nitrogens with zero attached hydrogens (tertiary/aromatic N) is 1. The Hall–Kier alpha value is -2.35. The van der Waals surface area contributed by atoms with Crippen molar-refractivity contribution < 1.29 is 18.4 Å². The number of anilines is 1. The standard InChI is InChI=1S/C13H11F2N3O2S/c1-7-16-5-8(21-7)6-17-12(19)13(20)18-11-9(14)3-2-4-10(11)15/h2-5H,6H2,1H3,(H,17,19)(H,18,20). The van der Waals surface area contributed by atoms with Gasteiger partial charge in [0.25, 0.3) is 0 Å². The average Bonchev–Trinajstić information content (AvgIpc) is 2.86. The van der Waals surface area contributed by atoms with E-state index in [-0.39, 0.29) is 6.54 Å². The molecule has 0 radical (unpaired) electrons. The molecule has 2 amide bonds. The van der Waals surface area contributed by atoms with Crippen LogP contribution in [0.3, 0.4) is 0 Å². The summed E-state index contributed by atoms with van der Waals surface area (Å²) in [4.78, 5) is 27.9. The van der Waals surface area contributed by atoms with Crippen LogP contribution in [0.4, 0.5) is 14.5 Å². The lowest BCUT2D eigenvalue weighted by molar-refractivity contribution is -0.136. The van der Waals surface area contributed by atoms with Crippen molar-refractivity contribution in [2.75, 3.05) is 5.32 Å². The first-order valence-electron chi connectivity index (χ1n) is 5.92. The first-order chi connectivity index (χ1) is 9.97. The van der Waals surface area contributed by atoms with Gasteiger partial charge in [0, 0.05) is 11.1 Å². The van der Waals surface area contributed by atoms with Gasteiger partial charge in [-0.25, -0.2) is 13.8 Å². The van der Waals surface area contributed by atoms with Gasteiger partial charge in [-0.1, -0.05) is 6.07 Å². The number of hydrogen-bond acceptors (Lipinski definition) is 4. The Bertz CT molecular complexity index is 668. The van der Waals surface area contributed by atoms with Crippen molar-refractivity contribution in [3.63, 3.8) is 0 Å². The van der Waals surface area contributed by atoms with E-state index in [0.717, 1.165) is 28.1 Å². The van der Waals surface area contributed by atoms with E-state index in [4.69, 9.17) is 0 Å². The molecule has 0 atom stereocenters. The van der Waals surface area contributed by atoms with Crippen molar-refractivity contribution in [2.24, 2.45) is 0 Å². The van der Waals surface area contributed by atoms with Gasteiger partial charge in [0.15, 0.2) is 0 Å². The summed E-state index contributed by atoms with van der Waals surface area (Å²) in [5.74, 6) is -4.02. The number of aryl methyl sites for hydroxylation is 1. The Morgan fingerprint density at radius 2 is 1.90 bits per heavy atom. The second kappa shape index (κ2) is 6.40. The highest BCUT2D eigenvalue weighted by atomic mass is 32.1. The molecule has 0 fully saturated rings. The lowest BCUT2D eigenvalue weighted by Crippen LogP contribution is -2.35. The summed E-state index contributed by atoms with van der Waals surface area (Å²) in [6.45, 7) is 1.93. The monoisotopic (exact) mass is 311 g/mol. The third-order valence-electron chi connectivity index (χ3n) is 2.50. The van der Waals surface area contributed by atoms with Gasteiger partial charge in [0.1, 0.15) is 17.3 Å². The Morgan fingerprint density at radius 1 is 1.24 bits per heavy atom. The van der Waals surface area contributed by atoms with E-state index in [2.05, 4.69) is 10.3 Å². The normalized spacial score (nSPS) is 10.2. The number of carbonyl (C=O) groups is 2. The number of para-hydroxylation sites is 1. The number of aromatic nitrogens is 1. The molecule has 1 aromatic heterocycles. The first kappa shape index (κ1) is 15.0. The maximum absolute atomic E-state index is 13.3. The molecule has 0 aliphatic carbocycles. The van der Waals surface area contributed by atoms with Crippen LogP contribution in [0.15, 0.2) is 24.4 Å². The molecule has 2 rings (SSSR count). The van der Waals surface area contributed by atoms with E-state index in [1.165, 1.54) is 11.3 Å². The number of halogens is 2. The van der Waals surface area contributed by atoms with Crippen LogP contribution < -0.4 is 10.6 Å².